The van der Waals surface area contributed by atoms with Crippen LogP contribution in [0.4, 0.5) is 14.5 Å². The van der Waals surface area contributed by atoms with Crippen molar-refractivity contribution in [1.29, 1.82) is 0 Å². The summed E-state index contributed by atoms with van der Waals surface area (Å²) in [5.41, 5.74) is 0.345. The first-order chi connectivity index (χ1) is 10.1. The molecule has 110 valence electrons. The van der Waals surface area contributed by atoms with Gasteiger partial charge in [0.05, 0.1) is 12.2 Å². The molecule has 0 unspecified atom stereocenters. The van der Waals surface area contributed by atoms with Crippen molar-refractivity contribution >= 4 is 11.6 Å². The van der Waals surface area contributed by atoms with Gasteiger partial charge in [-0.25, -0.2) is 8.78 Å². The molecular formula is C15H15F2N3O. The monoisotopic (exact) mass is 291 g/mol. The van der Waals surface area contributed by atoms with Crippen LogP contribution >= 0.6 is 0 Å². The topological polar surface area (TPSA) is 54.0 Å². The van der Waals surface area contributed by atoms with Crippen molar-refractivity contribution in [3.05, 3.63) is 59.9 Å². The van der Waals surface area contributed by atoms with Gasteiger partial charge in [-0.15, -0.1) is 0 Å². The first kappa shape index (κ1) is 15.1. The maximum absolute atomic E-state index is 13.4. The second-order valence-corrected chi connectivity index (χ2v) is 4.50. The molecule has 1 amide bonds. The average Bonchev–Trinajstić information content (AvgIpc) is 2.49. The number of halogens is 2. The van der Waals surface area contributed by atoms with Gasteiger partial charge in [-0.2, -0.15) is 0 Å². The molecule has 0 saturated carbocycles. The Balaban J connectivity index is 1.91. The van der Waals surface area contributed by atoms with Gasteiger partial charge in [0.2, 0.25) is 5.91 Å². The normalized spacial score (nSPS) is 12.0. The molecule has 21 heavy (non-hydrogen) atoms. The number of aromatic nitrogens is 1. The third-order valence-electron chi connectivity index (χ3n) is 2.93. The Hall–Kier alpha value is -2.34. The lowest BCUT2D eigenvalue weighted by atomic mass is 10.2. The summed E-state index contributed by atoms with van der Waals surface area (Å²) in [6.45, 7) is 1.77. The fourth-order valence-corrected chi connectivity index (χ4v) is 1.78. The van der Waals surface area contributed by atoms with Crippen LogP contribution in [0.1, 0.15) is 18.7 Å². The molecule has 0 aliphatic carbocycles. The highest BCUT2D eigenvalue weighted by Gasteiger charge is 2.13. The predicted octanol–water partition coefficient (Wildman–Crippen LogP) is 2.65. The molecule has 2 N–H and O–H groups in total. The fraction of sp³-hybridized carbons (Fsp3) is 0.200. The number of nitrogens with one attached hydrogen (secondary N) is 2. The number of amides is 1. The minimum atomic E-state index is -0.805. The summed E-state index contributed by atoms with van der Waals surface area (Å²) >= 11 is 0. The lowest BCUT2D eigenvalue weighted by molar-refractivity contribution is -0.115. The van der Waals surface area contributed by atoms with Crippen molar-refractivity contribution in [2.75, 3.05) is 11.9 Å². The molecular weight excluding hydrogens is 276 g/mol. The number of para-hydroxylation sites is 1. The van der Waals surface area contributed by atoms with Crippen LogP contribution in [0.3, 0.4) is 0 Å². The van der Waals surface area contributed by atoms with E-state index in [0.717, 1.165) is 17.8 Å². The maximum Gasteiger partial charge on any atom is 0.238 e. The van der Waals surface area contributed by atoms with Crippen LogP contribution in [-0.4, -0.2) is 17.4 Å². The highest BCUT2D eigenvalue weighted by Crippen LogP contribution is 2.17. The summed E-state index contributed by atoms with van der Waals surface area (Å²) in [6, 6.07) is 8.72. The van der Waals surface area contributed by atoms with E-state index in [1.165, 1.54) is 6.07 Å². The Kier molecular flexibility index (Phi) is 4.94. The molecule has 1 aromatic carbocycles. The highest BCUT2D eigenvalue weighted by molar-refractivity contribution is 5.92. The van der Waals surface area contributed by atoms with E-state index in [0.29, 0.717) is 0 Å². The average molecular weight is 291 g/mol. The van der Waals surface area contributed by atoms with Crippen LogP contribution in [0.2, 0.25) is 0 Å². The Morgan fingerprint density at radius 3 is 2.52 bits per heavy atom. The van der Waals surface area contributed by atoms with Crippen LogP contribution in [0, 0.1) is 11.6 Å². The van der Waals surface area contributed by atoms with E-state index in [-0.39, 0.29) is 12.6 Å². The number of hydrogen-bond donors (Lipinski definition) is 2. The van der Waals surface area contributed by atoms with Crippen LogP contribution in [-0.2, 0) is 4.79 Å². The molecule has 0 bridgehead atoms. The summed E-state index contributed by atoms with van der Waals surface area (Å²) in [5, 5.41) is 5.15. The minimum Gasteiger partial charge on any atom is -0.320 e. The number of carbonyl (C=O) groups excluding carboxylic acids is 1. The Bertz CT molecular complexity index is 599. The van der Waals surface area contributed by atoms with Gasteiger partial charge in [0.15, 0.2) is 0 Å². The number of pyridine rings is 1. The third kappa shape index (κ3) is 4.06. The predicted molar refractivity (Wildman–Crippen MR) is 75.6 cm³/mol. The Morgan fingerprint density at radius 1 is 1.19 bits per heavy atom. The lowest BCUT2D eigenvalue weighted by Crippen LogP contribution is -2.31. The van der Waals surface area contributed by atoms with Crippen LogP contribution in [0.25, 0.3) is 0 Å². The standard InChI is InChI=1S/C15H15F2N3O/c1-10(13-7-2-3-8-18-13)19-9-14(21)20-15-11(16)5-4-6-12(15)17/h2-8,10,19H,9H2,1H3,(H,20,21)/t10-/m0/s1. The van der Waals surface area contributed by atoms with E-state index < -0.39 is 23.2 Å². The molecule has 1 atom stereocenters. The van der Waals surface area contributed by atoms with Crippen LogP contribution < -0.4 is 10.6 Å². The molecule has 0 radical (unpaired) electrons. The third-order valence-corrected chi connectivity index (χ3v) is 2.93. The zero-order chi connectivity index (χ0) is 15.2. The lowest BCUT2D eigenvalue weighted by Gasteiger charge is -2.13. The minimum absolute atomic E-state index is 0.0779. The second-order valence-electron chi connectivity index (χ2n) is 4.50. The smallest absolute Gasteiger partial charge is 0.238 e. The summed E-state index contributed by atoms with van der Waals surface area (Å²) in [6.07, 6.45) is 1.66. The molecule has 0 aliphatic rings. The first-order valence-electron chi connectivity index (χ1n) is 6.46. The number of nitrogens with zero attached hydrogens (tertiary/aromatic N) is 1. The van der Waals surface area contributed by atoms with Crippen molar-refractivity contribution in [2.24, 2.45) is 0 Å². The number of benzene rings is 1. The molecule has 0 saturated heterocycles. The molecule has 2 aromatic rings. The first-order valence-corrected chi connectivity index (χ1v) is 6.46. The van der Waals surface area contributed by atoms with Gasteiger partial charge in [-0.1, -0.05) is 12.1 Å². The van der Waals surface area contributed by atoms with E-state index in [1.807, 2.05) is 19.1 Å². The van der Waals surface area contributed by atoms with Gasteiger partial charge in [0.25, 0.3) is 0 Å². The van der Waals surface area contributed by atoms with Gasteiger partial charge >= 0.3 is 0 Å². The molecule has 4 nitrogen and oxygen atoms in total. The molecule has 0 fully saturated rings. The van der Waals surface area contributed by atoms with Crippen molar-refractivity contribution in [2.45, 2.75) is 13.0 Å². The van der Waals surface area contributed by atoms with Gasteiger partial charge < -0.3 is 10.6 Å². The fourth-order valence-electron chi connectivity index (χ4n) is 1.78. The summed E-state index contributed by atoms with van der Waals surface area (Å²) in [7, 11) is 0. The zero-order valence-electron chi connectivity index (χ0n) is 11.4. The van der Waals surface area contributed by atoms with E-state index in [2.05, 4.69) is 15.6 Å². The summed E-state index contributed by atoms with van der Waals surface area (Å²) in [5.74, 6) is -2.14. The van der Waals surface area contributed by atoms with Crippen LogP contribution in [0.15, 0.2) is 42.6 Å². The SMILES string of the molecule is C[C@H](NCC(=O)Nc1c(F)cccc1F)c1ccccn1. The van der Waals surface area contributed by atoms with Gasteiger partial charge in [-0.05, 0) is 31.2 Å². The molecule has 2 rings (SSSR count). The number of anilines is 1. The second kappa shape index (κ2) is 6.90. The number of hydrogen-bond acceptors (Lipinski definition) is 3. The largest absolute Gasteiger partial charge is 0.320 e. The number of carbonyl (C=O) groups is 1. The van der Waals surface area contributed by atoms with E-state index in [4.69, 9.17) is 0 Å². The van der Waals surface area contributed by atoms with Gasteiger partial charge in [-0.3, -0.25) is 9.78 Å². The molecule has 0 aliphatic heterocycles. The Morgan fingerprint density at radius 2 is 1.90 bits per heavy atom. The zero-order valence-corrected chi connectivity index (χ0v) is 11.4. The molecule has 6 heteroatoms. The van der Waals surface area contributed by atoms with E-state index in [1.54, 1.807) is 12.3 Å². The summed E-state index contributed by atoms with van der Waals surface area (Å²) in [4.78, 5) is 15.9. The number of rotatable bonds is 5. The van der Waals surface area contributed by atoms with E-state index in [9.17, 15) is 13.6 Å². The van der Waals surface area contributed by atoms with Crippen LogP contribution in [0.5, 0.6) is 0 Å². The Labute approximate surface area is 121 Å². The summed E-state index contributed by atoms with van der Waals surface area (Å²) < 4.78 is 26.8. The quantitative estimate of drug-likeness (QED) is 0.890. The van der Waals surface area contributed by atoms with Crippen molar-refractivity contribution < 1.29 is 13.6 Å². The van der Waals surface area contributed by atoms with E-state index >= 15 is 0 Å². The van der Waals surface area contributed by atoms with Crippen molar-refractivity contribution in [1.82, 2.24) is 10.3 Å². The molecule has 1 aromatic heterocycles. The van der Waals surface area contributed by atoms with Crippen molar-refractivity contribution in [3.63, 3.8) is 0 Å². The highest BCUT2D eigenvalue weighted by atomic mass is 19.1. The molecule has 0 spiro atoms. The van der Waals surface area contributed by atoms with Gasteiger partial charge in [0.1, 0.15) is 17.3 Å². The van der Waals surface area contributed by atoms with Crippen molar-refractivity contribution in [3.8, 4) is 0 Å². The maximum atomic E-state index is 13.4. The molecule has 1 heterocycles. The van der Waals surface area contributed by atoms with Gasteiger partial charge in [0, 0.05) is 12.2 Å².